The van der Waals surface area contributed by atoms with Gasteiger partial charge in [0.2, 0.25) is 0 Å². The molecule has 0 aliphatic heterocycles. The molecule has 1 unspecified atom stereocenters. The highest BCUT2D eigenvalue weighted by Gasteiger charge is 2.27. The lowest BCUT2D eigenvalue weighted by molar-refractivity contribution is -0.143. The minimum atomic E-state index is -0.993. The Bertz CT molecular complexity index is 516. The second-order valence-electron chi connectivity index (χ2n) is 5.00. The van der Waals surface area contributed by atoms with E-state index in [0.29, 0.717) is 6.42 Å². The Balaban J connectivity index is 2.13. The monoisotopic (exact) mass is 341 g/mol. The van der Waals surface area contributed by atoms with Crippen molar-refractivity contribution in [2.24, 2.45) is 0 Å². The van der Waals surface area contributed by atoms with Gasteiger partial charge < -0.3 is 10.2 Å². The van der Waals surface area contributed by atoms with Crippen molar-refractivity contribution >= 4 is 27.9 Å². The van der Waals surface area contributed by atoms with Gasteiger partial charge in [-0.05, 0) is 42.5 Å². The van der Waals surface area contributed by atoms with E-state index in [0.717, 1.165) is 17.3 Å². The number of halogens is 1. The minimum absolute atomic E-state index is 0.0316. The van der Waals surface area contributed by atoms with Crippen LogP contribution in [0.5, 0.6) is 0 Å². The van der Waals surface area contributed by atoms with Crippen molar-refractivity contribution in [3.8, 4) is 0 Å². The van der Waals surface area contributed by atoms with E-state index in [1.165, 1.54) is 16.0 Å². The number of carboxylic acid groups (broad SMARTS) is 2. The standard InChI is InChI=1S/C14H16BrNO4/c15-11-3-1-10-6-12(4-2-9(10)5-11)16(7-13(17)18)8-14(19)20/h1,3,5,12H,2,4,6-8H2,(H,17,18)(H,19,20). The van der Waals surface area contributed by atoms with Crippen LogP contribution in [0.25, 0.3) is 0 Å². The first kappa shape index (κ1) is 15.0. The van der Waals surface area contributed by atoms with Gasteiger partial charge >= 0.3 is 11.9 Å². The van der Waals surface area contributed by atoms with E-state index in [-0.39, 0.29) is 19.1 Å². The quantitative estimate of drug-likeness (QED) is 0.853. The normalized spacial score (nSPS) is 17.8. The molecule has 1 aliphatic carbocycles. The van der Waals surface area contributed by atoms with Crippen LogP contribution >= 0.6 is 15.9 Å². The van der Waals surface area contributed by atoms with E-state index in [4.69, 9.17) is 10.2 Å². The number of carboxylic acids is 2. The van der Waals surface area contributed by atoms with Gasteiger partial charge in [-0.25, -0.2) is 0 Å². The first-order valence-corrected chi connectivity index (χ1v) is 7.20. The summed E-state index contributed by atoms with van der Waals surface area (Å²) in [5.41, 5.74) is 2.42. The van der Waals surface area contributed by atoms with E-state index in [1.54, 1.807) is 0 Å². The van der Waals surface area contributed by atoms with Crippen molar-refractivity contribution in [2.75, 3.05) is 13.1 Å². The maximum Gasteiger partial charge on any atom is 0.317 e. The molecule has 2 rings (SSSR count). The van der Waals surface area contributed by atoms with Gasteiger partial charge in [0, 0.05) is 10.5 Å². The lowest BCUT2D eigenvalue weighted by atomic mass is 9.87. The molecule has 1 aromatic rings. The summed E-state index contributed by atoms with van der Waals surface area (Å²) < 4.78 is 1.03. The van der Waals surface area contributed by atoms with Crippen LogP contribution in [0.4, 0.5) is 0 Å². The van der Waals surface area contributed by atoms with Crippen LogP contribution in [0, 0.1) is 0 Å². The van der Waals surface area contributed by atoms with Crippen molar-refractivity contribution in [1.82, 2.24) is 4.90 Å². The number of hydrogen-bond acceptors (Lipinski definition) is 3. The summed E-state index contributed by atoms with van der Waals surface area (Å²) in [5, 5.41) is 17.8. The molecule has 0 bridgehead atoms. The van der Waals surface area contributed by atoms with Crippen LogP contribution in [-0.2, 0) is 22.4 Å². The number of aryl methyl sites for hydroxylation is 1. The molecule has 0 amide bonds. The van der Waals surface area contributed by atoms with Crippen molar-refractivity contribution in [3.05, 3.63) is 33.8 Å². The van der Waals surface area contributed by atoms with E-state index in [9.17, 15) is 9.59 Å². The van der Waals surface area contributed by atoms with Crippen molar-refractivity contribution in [2.45, 2.75) is 25.3 Å². The third kappa shape index (κ3) is 3.80. The molecule has 1 atom stereocenters. The van der Waals surface area contributed by atoms with E-state index >= 15 is 0 Å². The number of fused-ring (bicyclic) bond motifs is 1. The molecule has 20 heavy (non-hydrogen) atoms. The molecular formula is C14H16BrNO4. The Kier molecular flexibility index (Phi) is 4.77. The van der Waals surface area contributed by atoms with E-state index < -0.39 is 11.9 Å². The summed E-state index contributed by atoms with van der Waals surface area (Å²) in [6.07, 6.45) is 2.32. The number of hydrogen-bond donors (Lipinski definition) is 2. The average Bonchev–Trinajstić information content (AvgIpc) is 2.36. The fraction of sp³-hybridized carbons (Fsp3) is 0.429. The predicted molar refractivity (Wildman–Crippen MR) is 76.8 cm³/mol. The van der Waals surface area contributed by atoms with Crippen LogP contribution in [0.15, 0.2) is 22.7 Å². The summed E-state index contributed by atoms with van der Waals surface area (Å²) in [6.45, 7) is -0.467. The van der Waals surface area contributed by atoms with Crippen LogP contribution in [-0.4, -0.2) is 46.2 Å². The van der Waals surface area contributed by atoms with E-state index in [1.807, 2.05) is 12.1 Å². The Morgan fingerprint density at radius 1 is 1.20 bits per heavy atom. The Hall–Kier alpha value is -1.40. The van der Waals surface area contributed by atoms with Gasteiger partial charge in [-0.2, -0.15) is 0 Å². The van der Waals surface area contributed by atoms with Gasteiger partial charge in [-0.3, -0.25) is 14.5 Å². The van der Waals surface area contributed by atoms with Crippen LogP contribution in [0.3, 0.4) is 0 Å². The number of rotatable bonds is 5. The summed E-state index contributed by atoms with van der Waals surface area (Å²) >= 11 is 3.43. The molecule has 2 N–H and O–H groups in total. The highest BCUT2D eigenvalue weighted by atomic mass is 79.9. The first-order chi connectivity index (χ1) is 9.45. The van der Waals surface area contributed by atoms with Gasteiger partial charge in [-0.15, -0.1) is 0 Å². The lowest BCUT2D eigenvalue weighted by Crippen LogP contribution is -2.45. The molecule has 1 aliphatic rings. The smallest absolute Gasteiger partial charge is 0.317 e. The molecule has 0 radical (unpaired) electrons. The highest BCUT2D eigenvalue weighted by molar-refractivity contribution is 9.10. The Morgan fingerprint density at radius 2 is 1.85 bits per heavy atom. The van der Waals surface area contributed by atoms with Gasteiger partial charge in [0.1, 0.15) is 0 Å². The van der Waals surface area contributed by atoms with E-state index in [2.05, 4.69) is 22.0 Å². The zero-order valence-corrected chi connectivity index (χ0v) is 12.5. The zero-order valence-electron chi connectivity index (χ0n) is 10.9. The molecule has 6 heteroatoms. The second kappa shape index (κ2) is 6.37. The maximum absolute atomic E-state index is 10.9. The Morgan fingerprint density at radius 3 is 2.45 bits per heavy atom. The maximum atomic E-state index is 10.9. The third-order valence-corrected chi connectivity index (χ3v) is 4.06. The van der Waals surface area contributed by atoms with Gasteiger partial charge in [0.05, 0.1) is 13.1 Å². The van der Waals surface area contributed by atoms with Gasteiger partial charge in [-0.1, -0.05) is 22.0 Å². The van der Waals surface area contributed by atoms with Crippen LogP contribution < -0.4 is 0 Å². The fourth-order valence-corrected chi connectivity index (χ4v) is 3.09. The lowest BCUT2D eigenvalue weighted by Gasteiger charge is -2.33. The average molecular weight is 342 g/mol. The number of nitrogens with zero attached hydrogens (tertiary/aromatic N) is 1. The number of benzene rings is 1. The third-order valence-electron chi connectivity index (χ3n) is 3.56. The highest BCUT2D eigenvalue weighted by Crippen LogP contribution is 2.27. The van der Waals surface area contributed by atoms with Crippen molar-refractivity contribution < 1.29 is 19.8 Å². The topological polar surface area (TPSA) is 77.8 Å². The molecule has 0 fully saturated rings. The molecule has 108 valence electrons. The molecule has 0 spiro atoms. The molecule has 0 saturated carbocycles. The van der Waals surface area contributed by atoms with Gasteiger partial charge in [0.25, 0.3) is 0 Å². The second-order valence-corrected chi connectivity index (χ2v) is 5.92. The zero-order chi connectivity index (χ0) is 14.7. The molecule has 0 aromatic heterocycles. The summed E-state index contributed by atoms with van der Waals surface area (Å²) in [5.74, 6) is -1.99. The summed E-state index contributed by atoms with van der Waals surface area (Å²) in [6, 6.07) is 6.02. The summed E-state index contributed by atoms with van der Waals surface area (Å²) in [7, 11) is 0. The first-order valence-electron chi connectivity index (χ1n) is 6.40. The SMILES string of the molecule is O=C(O)CN(CC(=O)O)C1CCc2cc(Br)ccc2C1. The van der Waals surface area contributed by atoms with Crippen LogP contribution in [0.2, 0.25) is 0 Å². The minimum Gasteiger partial charge on any atom is -0.480 e. The van der Waals surface area contributed by atoms with Gasteiger partial charge in [0.15, 0.2) is 0 Å². The van der Waals surface area contributed by atoms with Crippen molar-refractivity contribution in [1.29, 1.82) is 0 Å². The molecule has 1 aromatic carbocycles. The molecule has 0 saturated heterocycles. The van der Waals surface area contributed by atoms with Crippen LogP contribution in [0.1, 0.15) is 17.5 Å². The summed E-state index contributed by atoms with van der Waals surface area (Å²) in [4.78, 5) is 23.3. The number of aliphatic carboxylic acids is 2. The molecule has 0 heterocycles. The van der Waals surface area contributed by atoms with Crippen molar-refractivity contribution in [3.63, 3.8) is 0 Å². The molecule has 5 nitrogen and oxygen atoms in total. The Labute approximate surface area is 125 Å². The number of carbonyl (C=O) groups is 2. The predicted octanol–water partition coefficient (Wildman–Crippen LogP) is 1.78. The largest absolute Gasteiger partial charge is 0.480 e. The molecular weight excluding hydrogens is 326 g/mol. The fourth-order valence-electron chi connectivity index (χ4n) is 2.68.